The number of hydrogen-bond donors (Lipinski definition) is 2. The summed E-state index contributed by atoms with van der Waals surface area (Å²) < 4.78 is 36.1. The molecule has 2 rings (SSSR count). The average Bonchev–Trinajstić information content (AvgIpc) is 2.75. The van der Waals surface area contributed by atoms with E-state index in [2.05, 4.69) is 10.6 Å². The Hall–Kier alpha value is -1.74. The fourth-order valence-corrected chi connectivity index (χ4v) is 3.90. The van der Waals surface area contributed by atoms with Crippen molar-refractivity contribution in [3.05, 3.63) is 34.1 Å². The summed E-state index contributed by atoms with van der Waals surface area (Å²) in [6.07, 6.45) is 0.591. The molecule has 1 aliphatic rings. The van der Waals surface area contributed by atoms with Crippen molar-refractivity contribution in [1.29, 1.82) is 0 Å². The minimum atomic E-state index is -2.91. The maximum atomic E-state index is 13.6. The Labute approximate surface area is 121 Å². The molecule has 1 heterocycles. The standard InChI is InChI=1S/C12H16FN3O4S/c13-11-7-10(16(17)18)1-2-12(11)15-5-4-14-9-3-6-21(19,20)8-9/h1-2,7,9,14-15H,3-6,8H2. The number of halogens is 1. The van der Waals surface area contributed by atoms with E-state index in [-0.39, 0.29) is 28.9 Å². The molecule has 0 spiro atoms. The van der Waals surface area contributed by atoms with Crippen molar-refractivity contribution in [2.75, 3.05) is 29.9 Å². The van der Waals surface area contributed by atoms with E-state index in [0.717, 1.165) is 6.07 Å². The van der Waals surface area contributed by atoms with Crippen LogP contribution in [0.3, 0.4) is 0 Å². The summed E-state index contributed by atoms with van der Waals surface area (Å²) in [6.45, 7) is 0.877. The Balaban J connectivity index is 1.78. The van der Waals surface area contributed by atoms with Crippen LogP contribution in [-0.4, -0.2) is 44.0 Å². The molecule has 7 nitrogen and oxygen atoms in total. The summed E-state index contributed by atoms with van der Waals surface area (Å²) in [4.78, 5) is 9.83. The highest BCUT2D eigenvalue weighted by Crippen LogP contribution is 2.20. The van der Waals surface area contributed by atoms with Gasteiger partial charge in [0.05, 0.1) is 28.2 Å². The summed E-state index contributed by atoms with van der Waals surface area (Å²) in [5, 5.41) is 16.4. The summed E-state index contributed by atoms with van der Waals surface area (Å²) in [5.41, 5.74) is -0.117. The largest absolute Gasteiger partial charge is 0.381 e. The van der Waals surface area contributed by atoms with Gasteiger partial charge in [0.2, 0.25) is 0 Å². The van der Waals surface area contributed by atoms with Crippen molar-refractivity contribution in [1.82, 2.24) is 5.32 Å². The highest BCUT2D eigenvalue weighted by atomic mass is 32.2. The molecule has 1 unspecified atom stereocenters. The monoisotopic (exact) mass is 317 g/mol. The number of non-ortho nitro benzene ring substituents is 1. The van der Waals surface area contributed by atoms with Crippen LogP contribution < -0.4 is 10.6 Å². The smallest absolute Gasteiger partial charge is 0.272 e. The predicted molar refractivity (Wildman–Crippen MR) is 76.6 cm³/mol. The Morgan fingerprint density at radius 1 is 1.38 bits per heavy atom. The first-order chi connectivity index (χ1) is 9.87. The highest BCUT2D eigenvalue weighted by Gasteiger charge is 2.26. The van der Waals surface area contributed by atoms with Crippen LogP contribution in [0.2, 0.25) is 0 Å². The molecule has 0 aromatic heterocycles. The Morgan fingerprint density at radius 3 is 2.71 bits per heavy atom. The third-order valence-electron chi connectivity index (χ3n) is 3.27. The van der Waals surface area contributed by atoms with Gasteiger partial charge < -0.3 is 10.6 Å². The summed E-state index contributed by atoms with van der Waals surface area (Å²) in [6, 6.07) is 3.34. The predicted octanol–water partition coefficient (Wildman–Crippen LogP) is 0.922. The highest BCUT2D eigenvalue weighted by molar-refractivity contribution is 7.91. The van der Waals surface area contributed by atoms with Gasteiger partial charge in [-0.05, 0) is 12.5 Å². The fraction of sp³-hybridized carbons (Fsp3) is 0.500. The van der Waals surface area contributed by atoms with E-state index in [4.69, 9.17) is 0 Å². The van der Waals surface area contributed by atoms with Crippen LogP contribution in [0.1, 0.15) is 6.42 Å². The van der Waals surface area contributed by atoms with Gasteiger partial charge in [0, 0.05) is 25.2 Å². The van der Waals surface area contributed by atoms with Gasteiger partial charge >= 0.3 is 0 Å². The maximum Gasteiger partial charge on any atom is 0.272 e. The van der Waals surface area contributed by atoms with Gasteiger partial charge in [-0.15, -0.1) is 0 Å². The summed E-state index contributed by atoms with van der Waals surface area (Å²) in [5.74, 6) is -0.346. The lowest BCUT2D eigenvalue weighted by Gasteiger charge is -2.12. The van der Waals surface area contributed by atoms with Gasteiger partial charge in [0.1, 0.15) is 0 Å². The first kappa shape index (κ1) is 15.6. The third kappa shape index (κ3) is 4.36. The van der Waals surface area contributed by atoms with E-state index in [0.29, 0.717) is 19.5 Å². The number of sulfone groups is 1. The Kier molecular flexibility index (Phi) is 4.73. The molecule has 9 heteroatoms. The van der Waals surface area contributed by atoms with E-state index in [1.165, 1.54) is 12.1 Å². The number of benzene rings is 1. The van der Waals surface area contributed by atoms with Gasteiger partial charge in [-0.3, -0.25) is 10.1 Å². The van der Waals surface area contributed by atoms with Crippen LogP contribution in [0.4, 0.5) is 15.8 Å². The van der Waals surface area contributed by atoms with E-state index in [9.17, 15) is 22.9 Å². The molecular formula is C12H16FN3O4S. The number of nitro groups is 1. The number of nitrogens with one attached hydrogen (secondary N) is 2. The van der Waals surface area contributed by atoms with Crippen LogP contribution in [0.25, 0.3) is 0 Å². The molecule has 0 bridgehead atoms. The van der Waals surface area contributed by atoms with Crippen LogP contribution >= 0.6 is 0 Å². The molecule has 1 aliphatic heterocycles. The lowest BCUT2D eigenvalue weighted by atomic mass is 10.2. The lowest BCUT2D eigenvalue weighted by molar-refractivity contribution is -0.385. The number of hydrogen-bond acceptors (Lipinski definition) is 6. The molecular weight excluding hydrogens is 301 g/mol. The number of rotatable bonds is 6. The van der Waals surface area contributed by atoms with Crippen molar-refractivity contribution < 1.29 is 17.7 Å². The van der Waals surface area contributed by atoms with Crippen LogP contribution in [0.5, 0.6) is 0 Å². The Bertz CT molecular complexity index is 635. The number of anilines is 1. The second kappa shape index (κ2) is 6.35. The maximum absolute atomic E-state index is 13.6. The quantitative estimate of drug-likeness (QED) is 0.460. The number of nitrogens with zero attached hydrogens (tertiary/aromatic N) is 1. The first-order valence-corrected chi connectivity index (χ1v) is 8.31. The summed E-state index contributed by atoms with van der Waals surface area (Å²) >= 11 is 0. The van der Waals surface area contributed by atoms with Crippen molar-refractivity contribution >= 4 is 21.2 Å². The minimum Gasteiger partial charge on any atom is -0.381 e. The van der Waals surface area contributed by atoms with Crippen LogP contribution in [-0.2, 0) is 9.84 Å². The van der Waals surface area contributed by atoms with Gasteiger partial charge in [-0.2, -0.15) is 0 Å². The molecule has 1 aromatic carbocycles. The van der Waals surface area contributed by atoms with Crippen molar-refractivity contribution in [3.63, 3.8) is 0 Å². The van der Waals surface area contributed by atoms with Gasteiger partial charge in [0.25, 0.3) is 5.69 Å². The molecule has 1 atom stereocenters. The molecule has 0 aliphatic carbocycles. The zero-order chi connectivity index (χ0) is 15.5. The molecule has 0 saturated carbocycles. The molecule has 0 amide bonds. The van der Waals surface area contributed by atoms with E-state index in [1.807, 2.05) is 0 Å². The molecule has 2 N–H and O–H groups in total. The van der Waals surface area contributed by atoms with Gasteiger partial charge in [-0.25, -0.2) is 12.8 Å². The van der Waals surface area contributed by atoms with Gasteiger partial charge in [-0.1, -0.05) is 0 Å². The minimum absolute atomic E-state index is 0.0569. The SMILES string of the molecule is O=[N+]([O-])c1ccc(NCCNC2CCS(=O)(=O)C2)c(F)c1. The molecule has 1 fully saturated rings. The number of nitro benzene ring substituents is 1. The van der Waals surface area contributed by atoms with Crippen LogP contribution in [0, 0.1) is 15.9 Å². The topological polar surface area (TPSA) is 101 Å². The third-order valence-corrected chi connectivity index (χ3v) is 5.04. The summed E-state index contributed by atoms with van der Waals surface area (Å²) in [7, 11) is -2.91. The second-order valence-electron chi connectivity index (χ2n) is 4.90. The molecule has 21 heavy (non-hydrogen) atoms. The molecule has 1 aromatic rings. The molecule has 1 saturated heterocycles. The van der Waals surface area contributed by atoms with E-state index < -0.39 is 20.6 Å². The van der Waals surface area contributed by atoms with Crippen molar-refractivity contribution in [3.8, 4) is 0 Å². The molecule has 116 valence electrons. The van der Waals surface area contributed by atoms with Gasteiger partial charge in [0.15, 0.2) is 15.7 Å². The second-order valence-corrected chi connectivity index (χ2v) is 7.13. The molecule has 0 radical (unpaired) electrons. The average molecular weight is 317 g/mol. The van der Waals surface area contributed by atoms with E-state index >= 15 is 0 Å². The van der Waals surface area contributed by atoms with Crippen molar-refractivity contribution in [2.45, 2.75) is 12.5 Å². The Morgan fingerprint density at radius 2 is 2.14 bits per heavy atom. The fourth-order valence-electron chi connectivity index (χ4n) is 2.19. The zero-order valence-electron chi connectivity index (χ0n) is 11.2. The van der Waals surface area contributed by atoms with E-state index in [1.54, 1.807) is 0 Å². The first-order valence-electron chi connectivity index (χ1n) is 6.49. The lowest BCUT2D eigenvalue weighted by Crippen LogP contribution is -2.33. The van der Waals surface area contributed by atoms with Crippen molar-refractivity contribution in [2.24, 2.45) is 0 Å². The van der Waals surface area contributed by atoms with Crippen LogP contribution in [0.15, 0.2) is 18.2 Å². The zero-order valence-corrected chi connectivity index (χ0v) is 12.0. The normalized spacial score (nSPS) is 20.3.